The third-order valence-electron chi connectivity index (χ3n) is 3.36. The second-order valence-electron chi connectivity index (χ2n) is 4.87. The molecule has 3 rings (SSSR count). The molecular weight excluding hydrogens is 294 g/mol. The molecule has 1 aromatic heterocycles. The van der Waals surface area contributed by atoms with E-state index in [2.05, 4.69) is 15.5 Å². The highest BCUT2D eigenvalue weighted by atomic mass is 16.4. The van der Waals surface area contributed by atoms with Crippen LogP contribution in [0.2, 0.25) is 0 Å². The lowest BCUT2D eigenvalue weighted by atomic mass is 10.1. The number of nitrogens with zero attached hydrogens (tertiary/aromatic N) is 1. The van der Waals surface area contributed by atoms with Crippen LogP contribution >= 0.6 is 0 Å². The molecular formula is C17H13N3O3. The highest BCUT2D eigenvalue weighted by molar-refractivity contribution is 6.08. The van der Waals surface area contributed by atoms with Crippen molar-refractivity contribution >= 4 is 17.6 Å². The van der Waals surface area contributed by atoms with Gasteiger partial charge in [0, 0.05) is 17.3 Å². The molecule has 0 aliphatic heterocycles. The maximum atomic E-state index is 12.4. The summed E-state index contributed by atoms with van der Waals surface area (Å²) in [5.74, 6) is -1.46. The number of nitrogens with one attached hydrogen (secondary N) is 2. The van der Waals surface area contributed by atoms with E-state index in [1.807, 2.05) is 6.07 Å². The molecule has 6 heteroatoms. The predicted molar refractivity (Wildman–Crippen MR) is 85.4 cm³/mol. The molecule has 0 unspecified atom stereocenters. The average molecular weight is 307 g/mol. The zero-order chi connectivity index (χ0) is 16.2. The number of rotatable bonds is 4. The van der Waals surface area contributed by atoms with Crippen LogP contribution in [0.4, 0.5) is 5.69 Å². The molecule has 0 saturated heterocycles. The highest BCUT2D eigenvalue weighted by Gasteiger charge is 2.13. The number of aromatic nitrogens is 2. The monoisotopic (exact) mass is 307 g/mol. The molecule has 0 atom stereocenters. The standard InChI is InChI=1S/C17H13N3O3/c21-16(20-15-7-2-1-6-14(15)17(22)23)12-5-3-4-11(8-12)13-9-18-19-10-13/h1-10H,(H,18,19)(H,20,21)(H,22,23). The van der Waals surface area contributed by atoms with Gasteiger partial charge in [-0.1, -0.05) is 24.3 Å². The summed E-state index contributed by atoms with van der Waals surface area (Å²) in [5, 5.41) is 18.4. The van der Waals surface area contributed by atoms with Crippen LogP contribution < -0.4 is 5.32 Å². The Morgan fingerprint density at radius 1 is 1.04 bits per heavy atom. The first kappa shape index (κ1) is 14.5. The Morgan fingerprint density at radius 3 is 2.61 bits per heavy atom. The number of amides is 1. The van der Waals surface area contributed by atoms with Crippen molar-refractivity contribution in [3.63, 3.8) is 0 Å². The molecule has 6 nitrogen and oxygen atoms in total. The van der Waals surface area contributed by atoms with Gasteiger partial charge >= 0.3 is 5.97 Å². The Balaban J connectivity index is 1.87. The van der Waals surface area contributed by atoms with E-state index < -0.39 is 5.97 Å². The molecule has 0 aliphatic rings. The summed E-state index contributed by atoms with van der Waals surface area (Å²) >= 11 is 0. The number of anilines is 1. The van der Waals surface area contributed by atoms with Gasteiger partial charge in [-0.05, 0) is 29.8 Å². The Bertz CT molecular complexity index is 857. The highest BCUT2D eigenvalue weighted by Crippen LogP contribution is 2.20. The van der Waals surface area contributed by atoms with E-state index in [0.717, 1.165) is 11.1 Å². The van der Waals surface area contributed by atoms with Crippen LogP contribution in [0, 0.1) is 0 Å². The number of aromatic amines is 1. The Kier molecular flexibility index (Phi) is 3.88. The summed E-state index contributed by atoms with van der Waals surface area (Å²) in [6, 6.07) is 13.3. The normalized spacial score (nSPS) is 10.3. The number of carboxylic acid groups (broad SMARTS) is 1. The van der Waals surface area contributed by atoms with Crippen LogP contribution in [-0.4, -0.2) is 27.2 Å². The van der Waals surface area contributed by atoms with Crippen molar-refractivity contribution in [1.82, 2.24) is 10.2 Å². The van der Waals surface area contributed by atoms with Crippen molar-refractivity contribution in [1.29, 1.82) is 0 Å². The summed E-state index contributed by atoms with van der Waals surface area (Å²) in [5.41, 5.74) is 2.46. The first-order valence-corrected chi connectivity index (χ1v) is 6.88. The van der Waals surface area contributed by atoms with E-state index in [1.165, 1.54) is 6.07 Å². The number of hydrogen-bond donors (Lipinski definition) is 3. The Labute approximate surface area is 131 Å². The predicted octanol–water partition coefficient (Wildman–Crippen LogP) is 3.03. The lowest BCUT2D eigenvalue weighted by molar-refractivity contribution is 0.0698. The topological polar surface area (TPSA) is 95.1 Å². The lowest BCUT2D eigenvalue weighted by Gasteiger charge is -2.09. The summed E-state index contributed by atoms with van der Waals surface area (Å²) in [4.78, 5) is 23.6. The minimum absolute atomic E-state index is 0.0480. The van der Waals surface area contributed by atoms with Gasteiger partial charge in [0.1, 0.15) is 0 Å². The average Bonchev–Trinajstić information content (AvgIpc) is 3.10. The van der Waals surface area contributed by atoms with Crippen LogP contribution in [0.1, 0.15) is 20.7 Å². The van der Waals surface area contributed by atoms with Crippen molar-refractivity contribution in [2.45, 2.75) is 0 Å². The fourth-order valence-electron chi connectivity index (χ4n) is 2.22. The van der Waals surface area contributed by atoms with Crippen LogP contribution in [-0.2, 0) is 0 Å². The summed E-state index contributed by atoms with van der Waals surface area (Å²) in [7, 11) is 0. The molecule has 23 heavy (non-hydrogen) atoms. The minimum atomic E-state index is -1.09. The van der Waals surface area contributed by atoms with Crippen LogP contribution in [0.3, 0.4) is 0 Å². The zero-order valence-electron chi connectivity index (χ0n) is 12.0. The lowest BCUT2D eigenvalue weighted by Crippen LogP contribution is -2.14. The van der Waals surface area contributed by atoms with Crippen LogP contribution in [0.15, 0.2) is 60.9 Å². The maximum absolute atomic E-state index is 12.4. The van der Waals surface area contributed by atoms with Gasteiger partial charge in [-0.2, -0.15) is 5.10 Å². The summed E-state index contributed by atoms with van der Waals surface area (Å²) in [6.07, 6.45) is 3.40. The van der Waals surface area contributed by atoms with E-state index in [4.69, 9.17) is 5.11 Å². The van der Waals surface area contributed by atoms with Crippen molar-refractivity contribution < 1.29 is 14.7 Å². The van der Waals surface area contributed by atoms with Gasteiger partial charge in [-0.25, -0.2) is 4.79 Å². The molecule has 0 spiro atoms. The van der Waals surface area contributed by atoms with Gasteiger partial charge in [0.15, 0.2) is 0 Å². The fraction of sp³-hybridized carbons (Fsp3) is 0. The number of carboxylic acids is 1. The molecule has 3 aromatic rings. The molecule has 2 aromatic carbocycles. The number of carbonyl (C=O) groups excluding carboxylic acids is 1. The minimum Gasteiger partial charge on any atom is -0.478 e. The third-order valence-corrected chi connectivity index (χ3v) is 3.36. The Morgan fingerprint density at radius 2 is 1.87 bits per heavy atom. The summed E-state index contributed by atoms with van der Waals surface area (Å²) in [6.45, 7) is 0. The molecule has 0 saturated carbocycles. The second-order valence-corrected chi connectivity index (χ2v) is 4.87. The third kappa shape index (κ3) is 3.11. The largest absolute Gasteiger partial charge is 0.478 e. The maximum Gasteiger partial charge on any atom is 0.337 e. The number of H-pyrrole nitrogens is 1. The van der Waals surface area contributed by atoms with Gasteiger partial charge in [0.25, 0.3) is 5.91 Å². The number of carbonyl (C=O) groups is 2. The van der Waals surface area contributed by atoms with Crippen molar-refractivity contribution in [3.05, 3.63) is 72.1 Å². The van der Waals surface area contributed by atoms with E-state index in [-0.39, 0.29) is 17.2 Å². The molecule has 0 aliphatic carbocycles. The number of para-hydroxylation sites is 1. The number of hydrogen-bond acceptors (Lipinski definition) is 3. The molecule has 0 bridgehead atoms. The van der Waals surface area contributed by atoms with Crippen LogP contribution in [0.25, 0.3) is 11.1 Å². The molecule has 3 N–H and O–H groups in total. The van der Waals surface area contributed by atoms with Gasteiger partial charge in [0.05, 0.1) is 17.4 Å². The number of benzene rings is 2. The molecule has 1 amide bonds. The van der Waals surface area contributed by atoms with E-state index in [1.54, 1.807) is 48.8 Å². The van der Waals surface area contributed by atoms with Crippen molar-refractivity contribution in [2.24, 2.45) is 0 Å². The quantitative estimate of drug-likeness (QED) is 0.690. The van der Waals surface area contributed by atoms with E-state index in [0.29, 0.717) is 5.56 Å². The zero-order valence-corrected chi connectivity index (χ0v) is 12.0. The fourth-order valence-corrected chi connectivity index (χ4v) is 2.22. The SMILES string of the molecule is O=C(Nc1ccccc1C(=O)O)c1cccc(-c2cn[nH]c2)c1. The summed E-state index contributed by atoms with van der Waals surface area (Å²) < 4.78 is 0. The van der Waals surface area contributed by atoms with Crippen molar-refractivity contribution in [3.8, 4) is 11.1 Å². The first-order chi connectivity index (χ1) is 11.1. The smallest absolute Gasteiger partial charge is 0.337 e. The second kappa shape index (κ2) is 6.15. The number of aromatic carboxylic acids is 1. The molecule has 1 heterocycles. The van der Waals surface area contributed by atoms with Crippen LogP contribution in [0.5, 0.6) is 0 Å². The molecule has 114 valence electrons. The van der Waals surface area contributed by atoms with Gasteiger partial charge in [0.2, 0.25) is 0 Å². The van der Waals surface area contributed by atoms with Gasteiger partial charge < -0.3 is 10.4 Å². The Hall–Kier alpha value is -3.41. The van der Waals surface area contributed by atoms with Crippen molar-refractivity contribution in [2.75, 3.05) is 5.32 Å². The molecule has 0 radical (unpaired) electrons. The van der Waals surface area contributed by atoms with Gasteiger partial charge in [-0.3, -0.25) is 9.89 Å². The molecule has 0 fully saturated rings. The van der Waals surface area contributed by atoms with Gasteiger partial charge in [-0.15, -0.1) is 0 Å². The van der Waals surface area contributed by atoms with E-state index in [9.17, 15) is 9.59 Å². The van der Waals surface area contributed by atoms with E-state index >= 15 is 0 Å². The first-order valence-electron chi connectivity index (χ1n) is 6.88.